The lowest BCUT2D eigenvalue weighted by Crippen LogP contribution is -2.32. The predicted octanol–water partition coefficient (Wildman–Crippen LogP) is 1.91. The van der Waals surface area contributed by atoms with E-state index in [0.29, 0.717) is 13.2 Å². The van der Waals surface area contributed by atoms with Gasteiger partial charge in [0.15, 0.2) is 0 Å². The van der Waals surface area contributed by atoms with E-state index in [1.54, 1.807) is 6.20 Å². The quantitative estimate of drug-likeness (QED) is 0.659. The third kappa shape index (κ3) is 6.10. The average Bonchev–Trinajstić information content (AvgIpc) is 2.42. The summed E-state index contributed by atoms with van der Waals surface area (Å²) < 4.78 is 5.37. The van der Waals surface area contributed by atoms with E-state index in [1.807, 2.05) is 25.1 Å². The lowest BCUT2D eigenvalue weighted by Gasteiger charge is -2.16. The van der Waals surface area contributed by atoms with Gasteiger partial charge < -0.3 is 15.2 Å². The molecule has 1 aromatic rings. The first-order valence-electron chi connectivity index (χ1n) is 6.64. The highest BCUT2D eigenvalue weighted by Gasteiger charge is 2.09. The first-order valence-corrected chi connectivity index (χ1v) is 6.64. The van der Waals surface area contributed by atoms with Gasteiger partial charge in [-0.1, -0.05) is 19.4 Å². The molecule has 2 atom stereocenters. The van der Waals surface area contributed by atoms with E-state index in [9.17, 15) is 5.11 Å². The average molecular weight is 252 g/mol. The highest BCUT2D eigenvalue weighted by atomic mass is 16.5. The molecule has 1 unspecified atom stereocenters. The van der Waals surface area contributed by atoms with E-state index < -0.39 is 6.10 Å². The van der Waals surface area contributed by atoms with Crippen molar-refractivity contribution >= 4 is 0 Å². The molecule has 0 bridgehead atoms. The van der Waals surface area contributed by atoms with Crippen LogP contribution in [0.2, 0.25) is 0 Å². The van der Waals surface area contributed by atoms with Crippen molar-refractivity contribution in [3.63, 3.8) is 0 Å². The van der Waals surface area contributed by atoms with Crippen LogP contribution in [-0.2, 0) is 4.74 Å². The lowest BCUT2D eigenvalue weighted by molar-refractivity contribution is 0.0347. The number of unbranched alkanes of at least 4 members (excludes halogenated alkanes) is 1. The van der Waals surface area contributed by atoms with Gasteiger partial charge in [-0.3, -0.25) is 4.98 Å². The standard InChI is InChI=1S/C14H24N2O2/c1-3-4-9-18-11-13(17)10-16-12(2)14-7-5-6-8-15-14/h5-8,12-13,16-17H,3-4,9-11H2,1-2H3/t12-,13?/m0/s1. The Hall–Kier alpha value is -0.970. The van der Waals surface area contributed by atoms with Gasteiger partial charge in [0.05, 0.1) is 18.4 Å². The Morgan fingerprint density at radius 3 is 2.94 bits per heavy atom. The Labute approximate surface area is 109 Å². The van der Waals surface area contributed by atoms with Gasteiger partial charge in [0.25, 0.3) is 0 Å². The number of hydrogen-bond donors (Lipinski definition) is 2. The molecule has 0 aliphatic rings. The number of hydrogen-bond acceptors (Lipinski definition) is 4. The number of aliphatic hydroxyl groups is 1. The molecule has 1 rings (SSSR count). The zero-order valence-corrected chi connectivity index (χ0v) is 11.3. The maximum Gasteiger partial charge on any atom is 0.0897 e. The Bertz CT molecular complexity index is 306. The van der Waals surface area contributed by atoms with Crippen molar-refractivity contribution in [2.75, 3.05) is 19.8 Å². The van der Waals surface area contributed by atoms with Crippen LogP contribution in [-0.4, -0.2) is 36.0 Å². The minimum absolute atomic E-state index is 0.136. The first-order chi connectivity index (χ1) is 8.74. The van der Waals surface area contributed by atoms with Gasteiger partial charge in [-0.2, -0.15) is 0 Å². The minimum atomic E-state index is -0.465. The minimum Gasteiger partial charge on any atom is -0.389 e. The van der Waals surface area contributed by atoms with E-state index in [2.05, 4.69) is 17.2 Å². The number of pyridine rings is 1. The van der Waals surface area contributed by atoms with Gasteiger partial charge in [0.2, 0.25) is 0 Å². The molecule has 1 heterocycles. The van der Waals surface area contributed by atoms with Crippen LogP contribution in [0.4, 0.5) is 0 Å². The van der Waals surface area contributed by atoms with Crippen LogP contribution < -0.4 is 5.32 Å². The van der Waals surface area contributed by atoms with Crippen LogP contribution in [0.1, 0.15) is 38.4 Å². The van der Waals surface area contributed by atoms with Gasteiger partial charge in [0, 0.05) is 25.4 Å². The second-order valence-electron chi connectivity index (χ2n) is 4.47. The smallest absolute Gasteiger partial charge is 0.0897 e. The molecule has 102 valence electrons. The SMILES string of the molecule is CCCCOCC(O)CN[C@@H](C)c1ccccn1. The van der Waals surface area contributed by atoms with Crippen molar-refractivity contribution in [1.29, 1.82) is 0 Å². The molecule has 0 aromatic carbocycles. The van der Waals surface area contributed by atoms with E-state index >= 15 is 0 Å². The van der Waals surface area contributed by atoms with Crippen molar-refractivity contribution in [3.8, 4) is 0 Å². The van der Waals surface area contributed by atoms with Gasteiger partial charge >= 0.3 is 0 Å². The fourth-order valence-corrected chi connectivity index (χ4v) is 1.57. The van der Waals surface area contributed by atoms with Gasteiger partial charge in [-0.05, 0) is 25.5 Å². The number of ether oxygens (including phenoxy) is 1. The first kappa shape index (κ1) is 15.1. The van der Waals surface area contributed by atoms with Crippen LogP contribution >= 0.6 is 0 Å². The number of aromatic nitrogens is 1. The molecular formula is C14H24N2O2. The molecule has 0 aliphatic heterocycles. The maximum absolute atomic E-state index is 9.74. The number of aliphatic hydroxyl groups excluding tert-OH is 1. The zero-order valence-electron chi connectivity index (χ0n) is 11.3. The molecule has 0 saturated carbocycles. The van der Waals surface area contributed by atoms with Crippen LogP contribution in [0.3, 0.4) is 0 Å². The van der Waals surface area contributed by atoms with E-state index in [0.717, 1.165) is 25.1 Å². The van der Waals surface area contributed by atoms with Crippen molar-refractivity contribution in [2.45, 2.75) is 38.8 Å². The Morgan fingerprint density at radius 1 is 1.44 bits per heavy atom. The summed E-state index contributed by atoms with van der Waals surface area (Å²) in [5.41, 5.74) is 0.983. The molecular weight excluding hydrogens is 228 g/mol. The predicted molar refractivity (Wildman–Crippen MR) is 72.4 cm³/mol. The van der Waals surface area contributed by atoms with E-state index in [-0.39, 0.29) is 6.04 Å². The third-order valence-corrected chi connectivity index (χ3v) is 2.74. The summed E-state index contributed by atoms with van der Waals surface area (Å²) in [5.74, 6) is 0. The van der Waals surface area contributed by atoms with Crippen molar-refractivity contribution in [1.82, 2.24) is 10.3 Å². The molecule has 18 heavy (non-hydrogen) atoms. The molecule has 0 amide bonds. The Balaban J connectivity index is 2.16. The summed E-state index contributed by atoms with van der Waals surface area (Å²) in [7, 11) is 0. The monoisotopic (exact) mass is 252 g/mol. The number of rotatable bonds is 9. The molecule has 4 heteroatoms. The van der Waals surface area contributed by atoms with E-state index in [4.69, 9.17) is 4.74 Å². The van der Waals surface area contributed by atoms with Gasteiger partial charge in [-0.15, -0.1) is 0 Å². The largest absolute Gasteiger partial charge is 0.389 e. The summed E-state index contributed by atoms with van der Waals surface area (Å²) in [6, 6.07) is 5.97. The van der Waals surface area contributed by atoms with Gasteiger partial charge in [-0.25, -0.2) is 0 Å². The molecule has 2 N–H and O–H groups in total. The van der Waals surface area contributed by atoms with Crippen LogP contribution in [0.15, 0.2) is 24.4 Å². The van der Waals surface area contributed by atoms with Crippen LogP contribution in [0.25, 0.3) is 0 Å². The summed E-state index contributed by atoms with van der Waals surface area (Å²) >= 11 is 0. The third-order valence-electron chi connectivity index (χ3n) is 2.74. The summed E-state index contributed by atoms with van der Waals surface area (Å²) in [5, 5.41) is 13.0. The van der Waals surface area contributed by atoms with Crippen LogP contribution in [0.5, 0.6) is 0 Å². The maximum atomic E-state index is 9.74. The zero-order chi connectivity index (χ0) is 13.2. The van der Waals surface area contributed by atoms with E-state index in [1.165, 1.54) is 0 Å². The molecule has 1 aromatic heterocycles. The molecule has 4 nitrogen and oxygen atoms in total. The summed E-state index contributed by atoms with van der Waals surface area (Å²) in [6.07, 6.45) is 3.47. The second-order valence-corrected chi connectivity index (χ2v) is 4.47. The molecule has 0 radical (unpaired) electrons. The lowest BCUT2D eigenvalue weighted by atomic mass is 10.2. The second kappa shape index (κ2) is 9.03. The fraction of sp³-hybridized carbons (Fsp3) is 0.643. The highest BCUT2D eigenvalue weighted by molar-refractivity contribution is 5.07. The fourth-order valence-electron chi connectivity index (χ4n) is 1.57. The van der Waals surface area contributed by atoms with Crippen molar-refractivity contribution in [3.05, 3.63) is 30.1 Å². The van der Waals surface area contributed by atoms with Crippen molar-refractivity contribution in [2.24, 2.45) is 0 Å². The normalized spacial score (nSPS) is 14.4. The number of nitrogens with one attached hydrogen (secondary N) is 1. The molecule has 0 saturated heterocycles. The van der Waals surface area contributed by atoms with Crippen molar-refractivity contribution < 1.29 is 9.84 Å². The summed E-state index contributed by atoms with van der Waals surface area (Å²) in [4.78, 5) is 4.27. The molecule has 0 spiro atoms. The van der Waals surface area contributed by atoms with Gasteiger partial charge in [0.1, 0.15) is 0 Å². The van der Waals surface area contributed by atoms with Crippen LogP contribution in [0, 0.1) is 0 Å². The molecule has 0 fully saturated rings. The molecule has 0 aliphatic carbocycles. The Kier molecular flexibility index (Phi) is 7.57. The number of nitrogens with zero attached hydrogens (tertiary/aromatic N) is 1. The summed E-state index contributed by atoms with van der Waals surface area (Å²) in [6.45, 7) is 5.79. The topological polar surface area (TPSA) is 54.4 Å². The highest BCUT2D eigenvalue weighted by Crippen LogP contribution is 2.07. The Morgan fingerprint density at radius 2 is 2.28 bits per heavy atom.